The molecule has 0 unspecified atom stereocenters. The Kier molecular flexibility index (Phi) is 7.19. The van der Waals surface area contributed by atoms with Gasteiger partial charge in [-0.25, -0.2) is 18.1 Å². The van der Waals surface area contributed by atoms with Crippen LogP contribution in [0.15, 0.2) is 23.2 Å². The van der Waals surface area contributed by atoms with E-state index in [1.54, 1.807) is 6.07 Å². The molecule has 2 rings (SSSR count). The molecule has 0 spiro atoms. The Morgan fingerprint density at radius 2 is 1.92 bits per heavy atom. The van der Waals surface area contributed by atoms with Crippen molar-refractivity contribution in [1.29, 1.82) is 0 Å². The highest BCUT2D eigenvalue weighted by Gasteiger charge is 2.19. The monoisotopic (exact) mass is 368 g/mol. The van der Waals surface area contributed by atoms with Gasteiger partial charge in [0.05, 0.1) is 0 Å². The fourth-order valence-corrected chi connectivity index (χ4v) is 4.16. The van der Waals surface area contributed by atoms with E-state index in [0.29, 0.717) is 18.8 Å². The zero-order valence-corrected chi connectivity index (χ0v) is 15.8. The van der Waals surface area contributed by atoms with Gasteiger partial charge < -0.3 is 10.2 Å². The minimum absolute atomic E-state index is 0.0700. The van der Waals surface area contributed by atoms with Crippen LogP contribution >= 0.6 is 0 Å². The Bertz CT molecular complexity index is 651. The lowest BCUT2D eigenvalue weighted by Crippen LogP contribution is -2.33. The first-order valence-electron chi connectivity index (χ1n) is 8.96. The van der Waals surface area contributed by atoms with Crippen molar-refractivity contribution >= 4 is 21.7 Å². The summed E-state index contributed by atoms with van der Waals surface area (Å²) in [7, 11) is -3.55. The number of nitrogens with zero attached hydrogens (tertiary/aromatic N) is 2. The second-order valence-corrected chi connectivity index (χ2v) is 7.99. The van der Waals surface area contributed by atoms with Crippen molar-refractivity contribution in [2.45, 2.75) is 56.9 Å². The maximum absolute atomic E-state index is 12.3. The van der Waals surface area contributed by atoms with Gasteiger partial charge in [-0.3, -0.25) is 4.79 Å². The summed E-state index contributed by atoms with van der Waals surface area (Å²) in [5.74, 6) is 0.717. The lowest BCUT2D eigenvalue weighted by Gasteiger charge is -2.16. The summed E-state index contributed by atoms with van der Waals surface area (Å²) >= 11 is 0. The molecule has 140 valence electrons. The number of hydrogen-bond acceptors (Lipinski definition) is 5. The van der Waals surface area contributed by atoms with Crippen LogP contribution in [-0.2, 0) is 14.8 Å². The molecule has 0 aromatic carbocycles. The fourth-order valence-electron chi connectivity index (χ4n) is 2.81. The average Bonchev–Trinajstić information content (AvgIpc) is 3.15. The number of aromatic nitrogens is 1. The van der Waals surface area contributed by atoms with Crippen LogP contribution in [0, 0.1) is 0 Å². The standard InChI is InChI=1S/C17H28N4O3S/c1-3-14(4-2)20-25(23,24)15-7-8-16(19-13-15)18-10-9-17(22)21-11-5-6-12-21/h7-8,13-14,20H,3-6,9-12H2,1-2H3,(H,18,19). The van der Waals surface area contributed by atoms with E-state index in [1.807, 2.05) is 18.7 Å². The van der Waals surface area contributed by atoms with Gasteiger partial charge in [0.2, 0.25) is 15.9 Å². The van der Waals surface area contributed by atoms with Crippen molar-refractivity contribution in [2.24, 2.45) is 0 Å². The molecule has 1 fully saturated rings. The molecule has 0 radical (unpaired) electrons. The minimum atomic E-state index is -3.55. The molecule has 2 heterocycles. The Hall–Kier alpha value is -1.67. The highest BCUT2D eigenvalue weighted by Crippen LogP contribution is 2.13. The van der Waals surface area contributed by atoms with Gasteiger partial charge in [-0.05, 0) is 37.8 Å². The SMILES string of the molecule is CCC(CC)NS(=O)(=O)c1ccc(NCCC(=O)N2CCCC2)nc1. The van der Waals surface area contributed by atoms with Crippen LogP contribution in [0.3, 0.4) is 0 Å². The number of likely N-dealkylation sites (tertiary alicyclic amines) is 1. The zero-order chi connectivity index (χ0) is 18.3. The predicted molar refractivity (Wildman–Crippen MR) is 97.8 cm³/mol. The quantitative estimate of drug-likeness (QED) is 0.695. The number of carbonyl (C=O) groups is 1. The molecule has 1 aliphatic heterocycles. The van der Waals surface area contributed by atoms with Crippen molar-refractivity contribution in [3.05, 3.63) is 18.3 Å². The van der Waals surface area contributed by atoms with Crippen molar-refractivity contribution < 1.29 is 13.2 Å². The number of pyridine rings is 1. The van der Waals surface area contributed by atoms with Crippen molar-refractivity contribution in [2.75, 3.05) is 25.0 Å². The average molecular weight is 369 g/mol. The van der Waals surface area contributed by atoms with Gasteiger partial charge in [-0.2, -0.15) is 0 Å². The highest BCUT2D eigenvalue weighted by atomic mass is 32.2. The van der Waals surface area contributed by atoms with Gasteiger partial charge in [-0.15, -0.1) is 0 Å². The summed E-state index contributed by atoms with van der Waals surface area (Å²) in [6.45, 7) is 6.09. The van der Waals surface area contributed by atoms with E-state index in [2.05, 4.69) is 15.0 Å². The third-order valence-corrected chi connectivity index (χ3v) is 5.96. The molecule has 1 amide bonds. The molecule has 0 saturated carbocycles. The molecule has 1 aliphatic rings. The van der Waals surface area contributed by atoms with Crippen LogP contribution in [0.2, 0.25) is 0 Å². The smallest absolute Gasteiger partial charge is 0.242 e. The summed E-state index contributed by atoms with van der Waals surface area (Å²) in [5.41, 5.74) is 0. The molecule has 1 saturated heterocycles. The summed E-state index contributed by atoms with van der Waals surface area (Å²) in [6.07, 6.45) is 5.41. The van der Waals surface area contributed by atoms with Crippen LogP contribution in [0.1, 0.15) is 46.0 Å². The molecule has 0 atom stereocenters. The third-order valence-electron chi connectivity index (χ3n) is 4.46. The molecule has 1 aromatic heterocycles. The van der Waals surface area contributed by atoms with Crippen molar-refractivity contribution in [3.8, 4) is 0 Å². The van der Waals surface area contributed by atoms with Crippen molar-refractivity contribution in [1.82, 2.24) is 14.6 Å². The van der Waals surface area contributed by atoms with Crippen LogP contribution in [0.4, 0.5) is 5.82 Å². The molecule has 0 bridgehead atoms. The molecule has 0 aliphatic carbocycles. The van der Waals surface area contributed by atoms with E-state index in [0.717, 1.165) is 38.8 Å². The second kappa shape index (κ2) is 9.15. The summed E-state index contributed by atoms with van der Waals surface area (Å²) in [4.78, 5) is 18.1. The molecular weight excluding hydrogens is 340 g/mol. The van der Waals surface area contributed by atoms with Gasteiger partial charge in [0.1, 0.15) is 10.7 Å². The Morgan fingerprint density at radius 3 is 2.48 bits per heavy atom. The highest BCUT2D eigenvalue weighted by molar-refractivity contribution is 7.89. The molecular formula is C17H28N4O3S. The lowest BCUT2D eigenvalue weighted by atomic mass is 10.2. The van der Waals surface area contributed by atoms with E-state index >= 15 is 0 Å². The number of carbonyl (C=O) groups excluding carboxylic acids is 1. The molecule has 25 heavy (non-hydrogen) atoms. The van der Waals surface area contributed by atoms with Crippen LogP contribution < -0.4 is 10.0 Å². The second-order valence-electron chi connectivity index (χ2n) is 6.28. The fraction of sp³-hybridized carbons (Fsp3) is 0.647. The van der Waals surface area contributed by atoms with Gasteiger partial charge >= 0.3 is 0 Å². The Balaban J connectivity index is 1.85. The molecule has 7 nitrogen and oxygen atoms in total. The number of amides is 1. The topological polar surface area (TPSA) is 91.4 Å². The first-order valence-corrected chi connectivity index (χ1v) is 10.4. The van der Waals surface area contributed by atoms with Crippen LogP contribution in [-0.4, -0.2) is 49.9 Å². The van der Waals surface area contributed by atoms with Crippen molar-refractivity contribution in [3.63, 3.8) is 0 Å². The van der Waals surface area contributed by atoms with Crippen LogP contribution in [0.25, 0.3) is 0 Å². The number of hydrogen-bond donors (Lipinski definition) is 2. The minimum Gasteiger partial charge on any atom is -0.370 e. The van der Waals surface area contributed by atoms with Crippen LogP contribution in [0.5, 0.6) is 0 Å². The summed E-state index contributed by atoms with van der Waals surface area (Å²) < 4.78 is 27.3. The lowest BCUT2D eigenvalue weighted by molar-refractivity contribution is -0.129. The Morgan fingerprint density at radius 1 is 1.24 bits per heavy atom. The normalized spacial score (nSPS) is 14.9. The maximum Gasteiger partial charge on any atom is 0.242 e. The maximum atomic E-state index is 12.3. The molecule has 2 N–H and O–H groups in total. The molecule has 8 heteroatoms. The predicted octanol–water partition coefficient (Wildman–Crippen LogP) is 1.97. The van der Waals surface area contributed by atoms with Gasteiger partial charge in [0.25, 0.3) is 0 Å². The summed E-state index contributed by atoms with van der Waals surface area (Å²) in [5, 5.41) is 3.07. The van der Waals surface area contributed by atoms with E-state index in [4.69, 9.17) is 0 Å². The van der Waals surface area contributed by atoms with Gasteiger partial charge in [0.15, 0.2) is 0 Å². The number of sulfonamides is 1. The first-order chi connectivity index (χ1) is 12.0. The number of anilines is 1. The zero-order valence-electron chi connectivity index (χ0n) is 15.0. The van der Waals surface area contributed by atoms with Gasteiger partial charge in [-0.1, -0.05) is 13.8 Å². The summed E-state index contributed by atoms with van der Waals surface area (Å²) in [6, 6.07) is 3.09. The molecule has 1 aromatic rings. The Labute approximate surface area is 150 Å². The van der Waals surface area contributed by atoms with E-state index in [-0.39, 0.29) is 16.8 Å². The first kappa shape index (κ1) is 19.7. The largest absolute Gasteiger partial charge is 0.370 e. The van der Waals surface area contributed by atoms with E-state index < -0.39 is 10.0 Å². The van der Waals surface area contributed by atoms with Gasteiger partial charge in [0, 0.05) is 38.3 Å². The van der Waals surface area contributed by atoms with E-state index in [1.165, 1.54) is 12.3 Å². The third kappa shape index (κ3) is 5.67. The number of rotatable bonds is 9. The van der Waals surface area contributed by atoms with E-state index in [9.17, 15) is 13.2 Å². The number of nitrogens with one attached hydrogen (secondary N) is 2.